The van der Waals surface area contributed by atoms with Gasteiger partial charge >= 0.3 is 0 Å². The molecule has 2 aromatic carbocycles. The lowest BCUT2D eigenvalue weighted by Crippen LogP contribution is -2.39. The normalized spacial score (nSPS) is 20.7. The lowest BCUT2D eigenvalue weighted by atomic mass is 9.95. The molecule has 4 rings (SSSR count). The van der Waals surface area contributed by atoms with Gasteiger partial charge in [-0.2, -0.15) is 5.10 Å². The number of hydrazone groups is 1. The standard InChI is InChI=1S/C21H18ClN3O4/c1-3-29-14-10-8-13(9-11-14)24-20(27)17-18(12(2)26)23-25(19(17)21(24)28)16-7-5-4-6-15(16)22/h4-11,17,19H,3H2,1-2H3/t17-,19+/m1/s1. The van der Waals surface area contributed by atoms with Crippen LogP contribution < -0.4 is 14.6 Å². The van der Waals surface area contributed by atoms with E-state index in [1.54, 1.807) is 48.5 Å². The number of nitrogens with zero attached hydrogens (tertiary/aromatic N) is 3. The first-order valence-electron chi connectivity index (χ1n) is 9.18. The van der Waals surface area contributed by atoms with Gasteiger partial charge in [0, 0.05) is 6.92 Å². The number of carbonyl (C=O) groups excluding carboxylic acids is 3. The summed E-state index contributed by atoms with van der Waals surface area (Å²) in [6, 6.07) is 12.6. The third-order valence-corrected chi connectivity index (χ3v) is 5.23. The van der Waals surface area contributed by atoms with Crippen LogP contribution in [-0.2, 0) is 14.4 Å². The highest BCUT2D eigenvalue weighted by Gasteiger charge is 2.58. The molecule has 2 aliphatic rings. The molecule has 0 aliphatic carbocycles. The van der Waals surface area contributed by atoms with Crippen LogP contribution in [0, 0.1) is 5.92 Å². The number of imide groups is 1. The van der Waals surface area contributed by atoms with E-state index in [0.717, 1.165) is 4.90 Å². The van der Waals surface area contributed by atoms with Crippen LogP contribution in [0.3, 0.4) is 0 Å². The number of carbonyl (C=O) groups is 3. The number of rotatable bonds is 5. The largest absolute Gasteiger partial charge is 0.494 e. The minimum Gasteiger partial charge on any atom is -0.494 e. The van der Waals surface area contributed by atoms with Crippen LogP contribution in [0.2, 0.25) is 5.02 Å². The Morgan fingerprint density at radius 2 is 1.79 bits per heavy atom. The monoisotopic (exact) mass is 411 g/mol. The van der Waals surface area contributed by atoms with Gasteiger partial charge in [0.2, 0.25) is 5.91 Å². The molecule has 2 heterocycles. The molecule has 8 heteroatoms. The zero-order valence-electron chi connectivity index (χ0n) is 15.8. The summed E-state index contributed by atoms with van der Waals surface area (Å²) in [4.78, 5) is 39.7. The fourth-order valence-corrected chi connectivity index (χ4v) is 3.88. The average Bonchev–Trinajstić information content (AvgIpc) is 3.21. The van der Waals surface area contributed by atoms with Crippen LogP contribution in [0.5, 0.6) is 5.75 Å². The Morgan fingerprint density at radius 3 is 2.41 bits per heavy atom. The van der Waals surface area contributed by atoms with Crippen LogP contribution in [0.4, 0.5) is 11.4 Å². The molecule has 2 amide bonds. The van der Waals surface area contributed by atoms with Crippen molar-refractivity contribution in [2.75, 3.05) is 16.5 Å². The maximum atomic E-state index is 13.3. The molecule has 2 atom stereocenters. The molecule has 0 aromatic heterocycles. The van der Waals surface area contributed by atoms with Gasteiger partial charge in [0.15, 0.2) is 5.78 Å². The van der Waals surface area contributed by atoms with Crippen molar-refractivity contribution in [3.63, 3.8) is 0 Å². The highest BCUT2D eigenvalue weighted by molar-refractivity contribution is 6.49. The van der Waals surface area contributed by atoms with Crippen LogP contribution in [-0.4, -0.2) is 36.0 Å². The lowest BCUT2D eigenvalue weighted by Gasteiger charge is -2.23. The van der Waals surface area contributed by atoms with Gasteiger partial charge in [0.05, 0.1) is 23.0 Å². The molecule has 0 spiro atoms. The third-order valence-electron chi connectivity index (χ3n) is 4.92. The van der Waals surface area contributed by atoms with Gasteiger partial charge in [-0.05, 0) is 43.3 Å². The number of anilines is 2. The topological polar surface area (TPSA) is 79.3 Å². The van der Waals surface area contributed by atoms with Crippen molar-refractivity contribution in [2.24, 2.45) is 11.0 Å². The Labute approximate surface area is 172 Å². The summed E-state index contributed by atoms with van der Waals surface area (Å²) in [5.41, 5.74) is 0.941. The maximum Gasteiger partial charge on any atom is 0.259 e. The Balaban J connectivity index is 1.75. The van der Waals surface area contributed by atoms with Gasteiger partial charge in [-0.15, -0.1) is 0 Å². The second-order valence-corrected chi connectivity index (χ2v) is 7.11. The Morgan fingerprint density at radius 1 is 1.10 bits per heavy atom. The molecule has 29 heavy (non-hydrogen) atoms. The fourth-order valence-electron chi connectivity index (χ4n) is 3.65. The molecule has 0 unspecified atom stereocenters. The van der Waals surface area contributed by atoms with Crippen molar-refractivity contribution in [1.82, 2.24) is 0 Å². The molecule has 2 aromatic rings. The third kappa shape index (κ3) is 3.07. The zero-order chi connectivity index (χ0) is 20.7. The van der Waals surface area contributed by atoms with Crippen molar-refractivity contribution in [3.8, 4) is 5.75 Å². The Hall–Kier alpha value is -3.19. The van der Waals surface area contributed by atoms with E-state index in [1.807, 2.05) is 6.92 Å². The molecular weight excluding hydrogens is 394 g/mol. The van der Waals surface area contributed by atoms with E-state index in [-0.39, 0.29) is 11.5 Å². The van der Waals surface area contributed by atoms with Gasteiger partial charge in [0.1, 0.15) is 23.4 Å². The summed E-state index contributed by atoms with van der Waals surface area (Å²) in [5, 5.41) is 6.06. The molecule has 148 valence electrons. The number of ketones is 1. The summed E-state index contributed by atoms with van der Waals surface area (Å²) in [6.45, 7) is 3.72. The van der Waals surface area contributed by atoms with E-state index in [4.69, 9.17) is 16.3 Å². The van der Waals surface area contributed by atoms with Crippen LogP contribution >= 0.6 is 11.6 Å². The fraction of sp³-hybridized carbons (Fsp3) is 0.238. The molecule has 0 bridgehead atoms. The van der Waals surface area contributed by atoms with Crippen LogP contribution in [0.1, 0.15) is 13.8 Å². The van der Waals surface area contributed by atoms with Crippen molar-refractivity contribution >= 4 is 46.3 Å². The number of amides is 2. The highest BCUT2D eigenvalue weighted by Crippen LogP contribution is 2.40. The summed E-state index contributed by atoms with van der Waals surface area (Å²) < 4.78 is 5.41. The summed E-state index contributed by atoms with van der Waals surface area (Å²) >= 11 is 6.29. The molecule has 1 fully saturated rings. The van der Waals surface area contributed by atoms with Gasteiger partial charge in [0.25, 0.3) is 5.91 Å². The van der Waals surface area contributed by atoms with E-state index >= 15 is 0 Å². The maximum absolute atomic E-state index is 13.3. The molecule has 1 saturated heterocycles. The number of benzene rings is 2. The van der Waals surface area contributed by atoms with Crippen molar-refractivity contribution in [2.45, 2.75) is 19.9 Å². The lowest BCUT2D eigenvalue weighted by molar-refractivity contribution is -0.122. The second kappa shape index (κ2) is 7.33. The molecule has 2 aliphatic heterocycles. The molecule has 0 N–H and O–H groups in total. The Kier molecular flexibility index (Phi) is 4.84. The van der Waals surface area contributed by atoms with E-state index < -0.39 is 23.8 Å². The number of Topliss-reactive ketones (excluding diaryl/α,β-unsaturated/α-hetero) is 1. The van der Waals surface area contributed by atoms with Crippen LogP contribution in [0.25, 0.3) is 0 Å². The van der Waals surface area contributed by atoms with Crippen molar-refractivity contribution in [1.29, 1.82) is 0 Å². The van der Waals surface area contributed by atoms with E-state index in [2.05, 4.69) is 5.10 Å². The average molecular weight is 412 g/mol. The van der Waals surface area contributed by atoms with Gasteiger partial charge in [-0.25, -0.2) is 9.91 Å². The first kappa shape index (κ1) is 19.1. The molecule has 7 nitrogen and oxygen atoms in total. The van der Waals surface area contributed by atoms with E-state index in [0.29, 0.717) is 28.8 Å². The van der Waals surface area contributed by atoms with Crippen LogP contribution in [0.15, 0.2) is 53.6 Å². The van der Waals surface area contributed by atoms with Gasteiger partial charge < -0.3 is 4.74 Å². The number of hydrogen-bond acceptors (Lipinski definition) is 6. The minimum absolute atomic E-state index is 0.0571. The smallest absolute Gasteiger partial charge is 0.259 e. The zero-order valence-corrected chi connectivity index (χ0v) is 16.6. The molecule has 0 radical (unpaired) electrons. The second-order valence-electron chi connectivity index (χ2n) is 6.70. The summed E-state index contributed by atoms with van der Waals surface area (Å²) in [7, 11) is 0. The number of halogens is 1. The first-order valence-corrected chi connectivity index (χ1v) is 9.55. The quantitative estimate of drug-likeness (QED) is 0.706. The predicted octanol–water partition coefficient (Wildman–Crippen LogP) is 3.06. The summed E-state index contributed by atoms with van der Waals surface area (Å²) in [6.07, 6.45) is 0. The van der Waals surface area contributed by atoms with Crippen molar-refractivity contribution in [3.05, 3.63) is 53.6 Å². The number of para-hydroxylation sites is 1. The first-order chi connectivity index (χ1) is 13.9. The van der Waals surface area contributed by atoms with Gasteiger partial charge in [-0.3, -0.25) is 14.4 Å². The van der Waals surface area contributed by atoms with E-state index in [1.165, 1.54) is 11.9 Å². The minimum atomic E-state index is -0.970. The van der Waals surface area contributed by atoms with E-state index in [9.17, 15) is 14.4 Å². The molecule has 0 saturated carbocycles. The highest BCUT2D eigenvalue weighted by atomic mass is 35.5. The number of hydrogen-bond donors (Lipinski definition) is 0. The number of fused-ring (bicyclic) bond motifs is 1. The van der Waals surface area contributed by atoms with Gasteiger partial charge in [-0.1, -0.05) is 23.7 Å². The SMILES string of the molecule is CCOc1ccc(N2C(=O)[C@@H]3C(C(C)=O)=NN(c4ccccc4Cl)[C@@H]3C2=O)cc1. The van der Waals surface area contributed by atoms with Crippen molar-refractivity contribution < 1.29 is 19.1 Å². The predicted molar refractivity (Wildman–Crippen MR) is 109 cm³/mol. The molecular formula is C21H18ClN3O4. The Bertz CT molecular complexity index is 1030. The number of ether oxygens (including phenoxy) is 1. The summed E-state index contributed by atoms with van der Waals surface area (Å²) in [5.74, 6) is -1.62.